The zero-order valence-electron chi connectivity index (χ0n) is 9.62. The van der Waals surface area contributed by atoms with Crippen molar-refractivity contribution >= 4 is 5.91 Å². The summed E-state index contributed by atoms with van der Waals surface area (Å²) in [7, 11) is 3.43. The number of nitrogens with two attached hydrogens (primary N) is 1. The summed E-state index contributed by atoms with van der Waals surface area (Å²) >= 11 is 0. The number of hydrogen-bond acceptors (Lipinski definition) is 3. The molecule has 0 unspecified atom stereocenters. The molecule has 2 N–H and O–H groups in total. The Morgan fingerprint density at radius 3 is 2.50 bits per heavy atom. The first-order valence-electron chi connectivity index (χ1n) is 5.00. The van der Waals surface area contributed by atoms with E-state index in [9.17, 15) is 4.79 Å². The molecule has 0 fully saturated rings. The number of methoxy groups -OCH3 is 1. The normalized spacial score (nSPS) is 13.0. The van der Waals surface area contributed by atoms with Crippen molar-refractivity contribution in [2.24, 2.45) is 11.7 Å². The second kappa shape index (κ2) is 6.79. The lowest BCUT2D eigenvalue weighted by Crippen LogP contribution is -2.45. The minimum atomic E-state index is -0.387. The summed E-state index contributed by atoms with van der Waals surface area (Å²) in [4.78, 5) is 13.3. The van der Waals surface area contributed by atoms with Crippen LogP contribution in [-0.2, 0) is 9.53 Å². The van der Waals surface area contributed by atoms with Crippen molar-refractivity contribution in [2.75, 3.05) is 27.3 Å². The SMILES string of the molecule is COCCCN(C)C(=O)[C@@H](N)C(C)C. The number of likely N-dealkylation sites (N-methyl/N-ethyl adjacent to an activating group) is 1. The lowest BCUT2D eigenvalue weighted by molar-refractivity contribution is -0.132. The lowest BCUT2D eigenvalue weighted by atomic mass is 10.0. The number of rotatable bonds is 6. The lowest BCUT2D eigenvalue weighted by Gasteiger charge is -2.23. The molecule has 1 atom stereocenters. The van der Waals surface area contributed by atoms with Crippen LogP contribution in [0.5, 0.6) is 0 Å². The summed E-state index contributed by atoms with van der Waals surface area (Å²) in [6.07, 6.45) is 0.851. The van der Waals surface area contributed by atoms with Crippen molar-refractivity contribution in [3.63, 3.8) is 0 Å². The molecule has 0 saturated heterocycles. The fourth-order valence-corrected chi connectivity index (χ4v) is 1.10. The molecule has 14 heavy (non-hydrogen) atoms. The molecule has 0 aliphatic heterocycles. The summed E-state index contributed by atoms with van der Waals surface area (Å²) in [5, 5.41) is 0. The van der Waals surface area contributed by atoms with Gasteiger partial charge in [-0.05, 0) is 12.3 Å². The van der Waals surface area contributed by atoms with Gasteiger partial charge in [-0.3, -0.25) is 4.79 Å². The Kier molecular flexibility index (Phi) is 6.49. The summed E-state index contributed by atoms with van der Waals surface area (Å²) in [6.45, 7) is 5.28. The van der Waals surface area contributed by atoms with Crippen LogP contribution in [0.15, 0.2) is 0 Å². The zero-order chi connectivity index (χ0) is 11.1. The Morgan fingerprint density at radius 2 is 2.07 bits per heavy atom. The smallest absolute Gasteiger partial charge is 0.239 e. The highest BCUT2D eigenvalue weighted by molar-refractivity contribution is 5.81. The molecule has 0 rings (SSSR count). The summed E-state index contributed by atoms with van der Waals surface area (Å²) in [5.74, 6) is 0.198. The largest absolute Gasteiger partial charge is 0.385 e. The van der Waals surface area contributed by atoms with Crippen LogP contribution in [0.2, 0.25) is 0 Å². The third-order valence-electron chi connectivity index (χ3n) is 2.22. The van der Waals surface area contributed by atoms with Gasteiger partial charge in [-0.15, -0.1) is 0 Å². The molecular weight excluding hydrogens is 180 g/mol. The van der Waals surface area contributed by atoms with Crippen LogP contribution in [0.1, 0.15) is 20.3 Å². The van der Waals surface area contributed by atoms with Gasteiger partial charge in [-0.1, -0.05) is 13.8 Å². The molecule has 0 saturated carbocycles. The van der Waals surface area contributed by atoms with Crippen molar-refractivity contribution in [1.29, 1.82) is 0 Å². The van der Waals surface area contributed by atoms with E-state index in [0.29, 0.717) is 13.2 Å². The van der Waals surface area contributed by atoms with Crippen molar-refractivity contribution in [3.8, 4) is 0 Å². The molecule has 1 amide bonds. The highest BCUT2D eigenvalue weighted by atomic mass is 16.5. The van der Waals surface area contributed by atoms with E-state index >= 15 is 0 Å². The van der Waals surface area contributed by atoms with E-state index in [2.05, 4.69) is 0 Å². The average Bonchev–Trinajstić information content (AvgIpc) is 2.15. The van der Waals surface area contributed by atoms with Gasteiger partial charge in [0.2, 0.25) is 5.91 Å². The molecule has 4 heteroatoms. The van der Waals surface area contributed by atoms with Crippen molar-refractivity contribution in [3.05, 3.63) is 0 Å². The topological polar surface area (TPSA) is 55.6 Å². The first-order valence-corrected chi connectivity index (χ1v) is 5.00. The molecule has 0 heterocycles. The van der Waals surface area contributed by atoms with Gasteiger partial charge in [-0.25, -0.2) is 0 Å². The quantitative estimate of drug-likeness (QED) is 0.637. The van der Waals surface area contributed by atoms with Crippen LogP contribution in [0.25, 0.3) is 0 Å². The van der Waals surface area contributed by atoms with Crippen molar-refractivity contribution < 1.29 is 9.53 Å². The standard InChI is InChI=1S/C10H22N2O2/c1-8(2)9(11)10(13)12(3)6-5-7-14-4/h8-9H,5-7,11H2,1-4H3/t9-/m0/s1. The van der Waals surface area contributed by atoms with Crippen LogP contribution in [0.3, 0.4) is 0 Å². The van der Waals surface area contributed by atoms with Gasteiger partial charge in [0.25, 0.3) is 0 Å². The Balaban J connectivity index is 3.86. The highest BCUT2D eigenvalue weighted by Gasteiger charge is 2.20. The molecule has 0 bridgehead atoms. The van der Waals surface area contributed by atoms with Crippen LogP contribution in [0, 0.1) is 5.92 Å². The van der Waals surface area contributed by atoms with E-state index in [0.717, 1.165) is 6.42 Å². The molecule has 0 radical (unpaired) electrons. The van der Waals surface area contributed by atoms with Gasteiger partial charge in [-0.2, -0.15) is 0 Å². The monoisotopic (exact) mass is 202 g/mol. The predicted octanol–water partition coefficient (Wildman–Crippen LogP) is 0.465. The van der Waals surface area contributed by atoms with Crippen LogP contribution >= 0.6 is 0 Å². The first-order chi connectivity index (χ1) is 6.50. The number of hydrogen-bond donors (Lipinski definition) is 1. The number of ether oxygens (including phenoxy) is 1. The fraction of sp³-hybridized carbons (Fsp3) is 0.900. The van der Waals surface area contributed by atoms with E-state index in [1.54, 1.807) is 19.1 Å². The second-order valence-corrected chi connectivity index (χ2v) is 3.88. The van der Waals surface area contributed by atoms with Crippen LogP contribution in [0.4, 0.5) is 0 Å². The maximum Gasteiger partial charge on any atom is 0.239 e. The predicted molar refractivity (Wildman–Crippen MR) is 56.9 cm³/mol. The summed E-state index contributed by atoms with van der Waals surface area (Å²) in [5.41, 5.74) is 5.74. The third kappa shape index (κ3) is 4.58. The van der Waals surface area contributed by atoms with Gasteiger partial charge in [0.05, 0.1) is 6.04 Å². The van der Waals surface area contributed by atoms with Gasteiger partial charge in [0.1, 0.15) is 0 Å². The van der Waals surface area contributed by atoms with Gasteiger partial charge < -0.3 is 15.4 Å². The van der Waals surface area contributed by atoms with Crippen molar-refractivity contribution in [1.82, 2.24) is 4.90 Å². The molecule has 0 spiro atoms. The van der Waals surface area contributed by atoms with Crippen LogP contribution in [-0.4, -0.2) is 44.2 Å². The van der Waals surface area contributed by atoms with Crippen molar-refractivity contribution in [2.45, 2.75) is 26.3 Å². The van der Waals surface area contributed by atoms with Crippen LogP contribution < -0.4 is 5.73 Å². The molecule has 0 aliphatic rings. The first kappa shape index (κ1) is 13.4. The van der Waals surface area contributed by atoms with E-state index < -0.39 is 0 Å². The van der Waals surface area contributed by atoms with E-state index in [1.807, 2.05) is 13.8 Å². The Morgan fingerprint density at radius 1 is 1.50 bits per heavy atom. The number of carbonyl (C=O) groups excluding carboxylic acids is 1. The van der Waals surface area contributed by atoms with Gasteiger partial charge in [0, 0.05) is 27.3 Å². The Labute approximate surface area is 86.4 Å². The molecule has 84 valence electrons. The number of nitrogens with zero attached hydrogens (tertiary/aromatic N) is 1. The maximum absolute atomic E-state index is 11.6. The fourth-order valence-electron chi connectivity index (χ4n) is 1.10. The maximum atomic E-state index is 11.6. The molecule has 0 aromatic rings. The number of amides is 1. The molecule has 0 aromatic carbocycles. The Bertz CT molecular complexity index is 172. The van der Waals surface area contributed by atoms with E-state index in [4.69, 9.17) is 10.5 Å². The third-order valence-corrected chi connectivity index (χ3v) is 2.22. The van der Waals surface area contributed by atoms with E-state index in [-0.39, 0.29) is 17.9 Å². The molecule has 0 aromatic heterocycles. The van der Waals surface area contributed by atoms with E-state index in [1.165, 1.54) is 0 Å². The molecule has 4 nitrogen and oxygen atoms in total. The molecular formula is C10H22N2O2. The number of carbonyl (C=O) groups is 1. The highest BCUT2D eigenvalue weighted by Crippen LogP contribution is 2.02. The van der Waals surface area contributed by atoms with Gasteiger partial charge in [0.15, 0.2) is 0 Å². The summed E-state index contributed by atoms with van der Waals surface area (Å²) < 4.78 is 4.91. The minimum Gasteiger partial charge on any atom is -0.385 e. The summed E-state index contributed by atoms with van der Waals surface area (Å²) in [6, 6.07) is -0.387. The Hall–Kier alpha value is -0.610. The minimum absolute atomic E-state index is 0.0103. The van der Waals surface area contributed by atoms with Gasteiger partial charge >= 0.3 is 0 Å². The zero-order valence-corrected chi connectivity index (χ0v) is 9.62. The average molecular weight is 202 g/mol. The second-order valence-electron chi connectivity index (χ2n) is 3.88. The molecule has 0 aliphatic carbocycles.